The SMILES string of the molecule is CCN1CCCC1CN(CCN(C)C)C(=O)c1cc2ccccc2c(OC)n1. The number of rotatable bonds is 8. The first-order valence-corrected chi connectivity index (χ1v) is 10.1. The molecule has 2 heterocycles. The number of pyridine rings is 1. The zero-order valence-corrected chi connectivity index (χ0v) is 17.5. The number of carbonyl (C=O) groups is 1. The summed E-state index contributed by atoms with van der Waals surface area (Å²) in [6.07, 6.45) is 2.35. The Bertz CT molecular complexity index is 808. The summed E-state index contributed by atoms with van der Waals surface area (Å²) in [5, 5.41) is 1.90. The lowest BCUT2D eigenvalue weighted by Gasteiger charge is -2.31. The molecule has 0 saturated carbocycles. The van der Waals surface area contributed by atoms with Crippen LogP contribution >= 0.6 is 0 Å². The van der Waals surface area contributed by atoms with E-state index in [0.717, 1.165) is 43.4 Å². The second-order valence-electron chi connectivity index (χ2n) is 7.72. The van der Waals surface area contributed by atoms with Crippen molar-refractivity contribution in [3.05, 3.63) is 36.0 Å². The van der Waals surface area contributed by atoms with Crippen molar-refractivity contribution in [1.82, 2.24) is 19.7 Å². The minimum Gasteiger partial charge on any atom is -0.481 e. The Kier molecular flexibility index (Phi) is 6.86. The zero-order chi connectivity index (χ0) is 20.1. The molecule has 1 aromatic carbocycles. The summed E-state index contributed by atoms with van der Waals surface area (Å²) in [7, 11) is 5.67. The summed E-state index contributed by atoms with van der Waals surface area (Å²) in [6, 6.07) is 10.2. The van der Waals surface area contributed by atoms with Crippen molar-refractivity contribution in [3.63, 3.8) is 0 Å². The van der Waals surface area contributed by atoms with E-state index in [9.17, 15) is 4.79 Å². The Hall–Kier alpha value is -2.18. The molecule has 2 aromatic rings. The summed E-state index contributed by atoms with van der Waals surface area (Å²) in [5.74, 6) is 0.485. The largest absolute Gasteiger partial charge is 0.481 e. The zero-order valence-electron chi connectivity index (χ0n) is 17.5. The summed E-state index contributed by atoms with van der Waals surface area (Å²) in [5.41, 5.74) is 0.454. The van der Waals surface area contributed by atoms with Gasteiger partial charge in [-0.25, -0.2) is 4.98 Å². The van der Waals surface area contributed by atoms with Gasteiger partial charge in [0.05, 0.1) is 7.11 Å². The molecule has 1 aromatic heterocycles. The van der Waals surface area contributed by atoms with Crippen molar-refractivity contribution < 1.29 is 9.53 Å². The van der Waals surface area contributed by atoms with Crippen molar-refractivity contribution in [2.75, 3.05) is 53.9 Å². The molecule has 1 unspecified atom stereocenters. The molecule has 1 amide bonds. The van der Waals surface area contributed by atoms with E-state index in [4.69, 9.17) is 4.74 Å². The second kappa shape index (κ2) is 9.34. The maximum atomic E-state index is 13.4. The lowest BCUT2D eigenvalue weighted by Crippen LogP contribution is -2.45. The Morgan fingerprint density at radius 2 is 2.07 bits per heavy atom. The van der Waals surface area contributed by atoms with Crippen molar-refractivity contribution in [2.45, 2.75) is 25.8 Å². The lowest BCUT2D eigenvalue weighted by atomic mass is 10.1. The lowest BCUT2D eigenvalue weighted by molar-refractivity contribution is 0.0688. The van der Waals surface area contributed by atoms with Crippen LogP contribution in [0.5, 0.6) is 5.88 Å². The molecular weight excluding hydrogens is 352 g/mol. The highest BCUT2D eigenvalue weighted by Gasteiger charge is 2.28. The van der Waals surface area contributed by atoms with Gasteiger partial charge in [0.1, 0.15) is 5.69 Å². The fourth-order valence-electron chi connectivity index (χ4n) is 3.96. The van der Waals surface area contributed by atoms with E-state index >= 15 is 0 Å². The Morgan fingerprint density at radius 3 is 2.79 bits per heavy atom. The van der Waals surface area contributed by atoms with Crippen LogP contribution in [0.25, 0.3) is 10.8 Å². The first-order valence-electron chi connectivity index (χ1n) is 10.1. The van der Waals surface area contributed by atoms with Gasteiger partial charge in [-0.15, -0.1) is 0 Å². The van der Waals surface area contributed by atoms with Crippen molar-refractivity contribution in [3.8, 4) is 5.88 Å². The molecule has 3 rings (SSSR count). The summed E-state index contributed by atoms with van der Waals surface area (Å²) >= 11 is 0. The number of fused-ring (bicyclic) bond motifs is 1. The van der Waals surface area contributed by atoms with Gasteiger partial charge in [0.2, 0.25) is 5.88 Å². The third-order valence-electron chi connectivity index (χ3n) is 5.56. The molecule has 0 N–H and O–H groups in total. The number of methoxy groups -OCH3 is 1. The molecular formula is C22H32N4O2. The van der Waals surface area contributed by atoms with Crippen molar-refractivity contribution in [1.29, 1.82) is 0 Å². The van der Waals surface area contributed by atoms with E-state index in [2.05, 4.69) is 21.7 Å². The van der Waals surface area contributed by atoms with Crippen LogP contribution in [0.2, 0.25) is 0 Å². The number of nitrogens with zero attached hydrogens (tertiary/aromatic N) is 4. The van der Waals surface area contributed by atoms with Crippen LogP contribution in [0.4, 0.5) is 0 Å². The molecule has 0 aliphatic carbocycles. The minimum absolute atomic E-state index is 0.0196. The Balaban J connectivity index is 1.88. The van der Waals surface area contributed by atoms with Crippen molar-refractivity contribution in [2.24, 2.45) is 0 Å². The summed E-state index contributed by atoms with van der Waals surface area (Å²) < 4.78 is 5.47. The number of carbonyl (C=O) groups excluding carboxylic acids is 1. The van der Waals surface area contributed by atoms with Gasteiger partial charge in [0.25, 0.3) is 5.91 Å². The molecule has 1 atom stereocenters. The molecule has 1 fully saturated rings. The fraction of sp³-hybridized carbons (Fsp3) is 0.545. The predicted molar refractivity (Wildman–Crippen MR) is 113 cm³/mol. The standard InChI is InChI=1S/C22H32N4O2/c1-5-25-12-8-10-18(25)16-26(14-13-24(2)3)22(27)20-15-17-9-6-7-11-19(17)21(23-20)28-4/h6-7,9,11,15,18H,5,8,10,12-14,16H2,1-4H3. The van der Waals surface area contributed by atoms with Gasteiger partial charge in [-0.3, -0.25) is 9.69 Å². The average molecular weight is 385 g/mol. The average Bonchev–Trinajstić information content (AvgIpc) is 3.16. The maximum absolute atomic E-state index is 13.4. The molecule has 6 nitrogen and oxygen atoms in total. The Morgan fingerprint density at radius 1 is 1.29 bits per heavy atom. The highest BCUT2D eigenvalue weighted by atomic mass is 16.5. The topological polar surface area (TPSA) is 48.9 Å². The van der Waals surface area contributed by atoms with Gasteiger partial charge in [-0.05, 0) is 57.5 Å². The number of benzene rings is 1. The quantitative estimate of drug-likeness (QED) is 0.700. The number of ether oxygens (including phenoxy) is 1. The molecule has 1 aliphatic heterocycles. The molecule has 1 aliphatic rings. The molecule has 0 bridgehead atoms. The fourth-order valence-corrected chi connectivity index (χ4v) is 3.96. The van der Waals surface area contributed by atoms with E-state index < -0.39 is 0 Å². The third kappa shape index (κ3) is 4.62. The van der Waals surface area contributed by atoms with Crippen LogP contribution in [0.3, 0.4) is 0 Å². The first-order chi connectivity index (χ1) is 13.5. The third-order valence-corrected chi connectivity index (χ3v) is 5.56. The van der Waals surface area contributed by atoms with Crippen LogP contribution in [0.1, 0.15) is 30.3 Å². The summed E-state index contributed by atoms with van der Waals surface area (Å²) in [4.78, 5) is 24.5. The van der Waals surface area contributed by atoms with Crippen LogP contribution in [-0.2, 0) is 0 Å². The molecule has 6 heteroatoms. The van der Waals surface area contributed by atoms with Crippen LogP contribution < -0.4 is 4.74 Å². The minimum atomic E-state index is -0.0196. The normalized spacial score (nSPS) is 17.4. The maximum Gasteiger partial charge on any atom is 0.272 e. The van der Waals surface area contributed by atoms with Gasteiger partial charge >= 0.3 is 0 Å². The predicted octanol–water partition coefficient (Wildman–Crippen LogP) is 2.73. The highest BCUT2D eigenvalue weighted by molar-refractivity contribution is 5.98. The summed E-state index contributed by atoms with van der Waals surface area (Å²) in [6.45, 7) is 6.62. The van der Waals surface area contributed by atoms with Gasteiger partial charge in [0.15, 0.2) is 0 Å². The van der Waals surface area contributed by atoms with E-state index in [0.29, 0.717) is 24.2 Å². The number of hydrogen-bond donors (Lipinski definition) is 0. The molecule has 152 valence electrons. The molecule has 1 saturated heterocycles. The Labute approximate surface area is 168 Å². The van der Waals surface area contributed by atoms with Gasteiger partial charge in [0, 0.05) is 31.1 Å². The number of aromatic nitrogens is 1. The second-order valence-corrected chi connectivity index (χ2v) is 7.72. The first kappa shape index (κ1) is 20.6. The van der Waals surface area contributed by atoms with Crippen LogP contribution in [-0.4, -0.2) is 85.6 Å². The highest BCUT2D eigenvalue weighted by Crippen LogP contribution is 2.25. The monoisotopic (exact) mass is 384 g/mol. The van der Waals surface area contributed by atoms with Gasteiger partial charge in [-0.2, -0.15) is 0 Å². The van der Waals surface area contributed by atoms with Crippen molar-refractivity contribution >= 4 is 16.7 Å². The van der Waals surface area contributed by atoms with Crippen LogP contribution in [0, 0.1) is 0 Å². The number of likely N-dealkylation sites (N-methyl/N-ethyl adjacent to an activating group) is 2. The van der Waals surface area contributed by atoms with Gasteiger partial charge < -0.3 is 14.5 Å². The van der Waals surface area contributed by atoms with E-state index in [1.807, 2.05) is 49.3 Å². The number of likely N-dealkylation sites (tertiary alicyclic amines) is 1. The molecule has 28 heavy (non-hydrogen) atoms. The van der Waals surface area contributed by atoms with Gasteiger partial charge in [-0.1, -0.05) is 25.1 Å². The number of hydrogen-bond acceptors (Lipinski definition) is 5. The molecule has 0 radical (unpaired) electrons. The number of amides is 1. The van der Waals surface area contributed by atoms with E-state index in [1.54, 1.807) is 7.11 Å². The van der Waals surface area contributed by atoms with E-state index in [-0.39, 0.29) is 5.91 Å². The van der Waals surface area contributed by atoms with Crippen LogP contribution in [0.15, 0.2) is 30.3 Å². The van der Waals surface area contributed by atoms with E-state index in [1.165, 1.54) is 6.42 Å². The smallest absolute Gasteiger partial charge is 0.272 e. The molecule has 0 spiro atoms.